The average Bonchev–Trinajstić information content (AvgIpc) is 2.97. The second-order valence-corrected chi connectivity index (χ2v) is 5.40. The molecule has 0 radical (unpaired) electrons. The molecular formula is C12H18N2O2S. The van der Waals surface area contributed by atoms with E-state index in [9.17, 15) is 4.79 Å². The van der Waals surface area contributed by atoms with Crippen molar-refractivity contribution < 1.29 is 9.53 Å². The highest BCUT2D eigenvalue weighted by Crippen LogP contribution is 2.35. The van der Waals surface area contributed by atoms with Gasteiger partial charge < -0.3 is 10.1 Å². The molecule has 2 rings (SSSR count). The highest BCUT2D eigenvalue weighted by molar-refractivity contribution is 7.15. The van der Waals surface area contributed by atoms with Crippen LogP contribution in [-0.2, 0) is 16.0 Å². The van der Waals surface area contributed by atoms with Crippen molar-refractivity contribution in [3.05, 3.63) is 10.6 Å². The molecule has 1 amide bonds. The minimum atomic E-state index is 0.0178. The summed E-state index contributed by atoms with van der Waals surface area (Å²) >= 11 is 1.54. The summed E-state index contributed by atoms with van der Waals surface area (Å²) in [4.78, 5) is 17.4. The van der Waals surface area contributed by atoms with Crippen molar-refractivity contribution >= 4 is 22.4 Å². The van der Waals surface area contributed by atoms with Crippen LogP contribution in [0.2, 0.25) is 0 Å². The molecule has 0 aliphatic heterocycles. The number of hydrogen-bond donors (Lipinski definition) is 1. The van der Waals surface area contributed by atoms with Crippen LogP contribution in [0.25, 0.3) is 0 Å². The number of anilines is 1. The van der Waals surface area contributed by atoms with Gasteiger partial charge in [-0.1, -0.05) is 6.92 Å². The Kier molecular flexibility index (Phi) is 3.79. The summed E-state index contributed by atoms with van der Waals surface area (Å²) in [6.45, 7) is 6.72. The number of carbonyl (C=O) groups is 1. The molecule has 1 N–H and O–H groups in total. The molecule has 1 aliphatic carbocycles. The molecule has 0 saturated heterocycles. The van der Waals surface area contributed by atoms with Gasteiger partial charge in [-0.2, -0.15) is 0 Å². The summed E-state index contributed by atoms with van der Waals surface area (Å²) in [5.41, 5.74) is 1.07. The van der Waals surface area contributed by atoms with Crippen molar-refractivity contribution in [2.45, 2.75) is 39.7 Å². The molecule has 0 bridgehead atoms. The lowest BCUT2D eigenvalue weighted by atomic mass is 10.3. The van der Waals surface area contributed by atoms with Gasteiger partial charge in [-0.15, -0.1) is 11.3 Å². The molecule has 0 unspecified atom stereocenters. The van der Waals surface area contributed by atoms with Gasteiger partial charge in [0.1, 0.15) is 0 Å². The Morgan fingerprint density at radius 2 is 2.35 bits per heavy atom. The first kappa shape index (κ1) is 12.5. The molecule has 1 saturated carbocycles. The number of amides is 1. The number of aryl methyl sites for hydroxylation is 2. The zero-order valence-corrected chi connectivity index (χ0v) is 11.3. The number of nitrogens with one attached hydrogen (secondary N) is 1. The minimum absolute atomic E-state index is 0.0178. The Morgan fingerprint density at radius 3 is 2.94 bits per heavy atom. The fourth-order valence-corrected chi connectivity index (χ4v) is 2.76. The topological polar surface area (TPSA) is 51.2 Å². The maximum Gasteiger partial charge on any atom is 0.231 e. The standard InChI is InChI=1S/C12H18N2O2S/c1-4-9-7(3)17-12(13-9)14-11(15)8-6-10(8)16-5-2/h8,10H,4-6H2,1-3H3,(H,13,14,15)/t8-,10+/m0/s1. The minimum Gasteiger partial charge on any atom is -0.378 e. The van der Waals surface area contributed by atoms with E-state index in [-0.39, 0.29) is 17.9 Å². The van der Waals surface area contributed by atoms with Crippen LogP contribution in [0.15, 0.2) is 0 Å². The highest BCUT2D eigenvalue weighted by Gasteiger charge is 2.44. The first-order valence-corrected chi connectivity index (χ1v) is 6.86. The van der Waals surface area contributed by atoms with E-state index in [1.54, 1.807) is 11.3 Å². The number of rotatable bonds is 5. The van der Waals surface area contributed by atoms with Crippen molar-refractivity contribution in [2.75, 3.05) is 11.9 Å². The van der Waals surface area contributed by atoms with Crippen molar-refractivity contribution in [1.29, 1.82) is 0 Å². The quantitative estimate of drug-likeness (QED) is 0.877. The third kappa shape index (κ3) is 2.84. The lowest BCUT2D eigenvalue weighted by Gasteiger charge is -2.00. The van der Waals surface area contributed by atoms with Crippen LogP contribution in [0.1, 0.15) is 30.8 Å². The Bertz CT molecular complexity index is 417. The second-order valence-electron chi connectivity index (χ2n) is 4.20. The predicted molar refractivity (Wildman–Crippen MR) is 68.4 cm³/mol. The van der Waals surface area contributed by atoms with Crippen LogP contribution in [0.4, 0.5) is 5.13 Å². The van der Waals surface area contributed by atoms with E-state index in [1.807, 2.05) is 13.8 Å². The molecule has 0 aromatic carbocycles. The van der Waals surface area contributed by atoms with Gasteiger partial charge >= 0.3 is 0 Å². The third-order valence-corrected chi connectivity index (χ3v) is 3.84. The first-order chi connectivity index (χ1) is 8.15. The molecular weight excluding hydrogens is 236 g/mol. The Hall–Kier alpha value is -0.940. The van der Waals surface area contributed by atoms with E-state index < -0.39 is 0 Å². The fraction of sp³-hybridized carbons (Fsp3) is 0.667. The average molecular weight is 254 g/mol. The first-order valence-electron chi connectivity index (χ1n) is 6.04. The normalized spacial score (nSPS) is 22.5. The largest absolute Gasteiger partial charge is 0.378 e. The lowest BCUT2D eigenvalue weighted by Crippen LogP contribution is -2.16. The van der Waals surface area contributed by atoms with Gasteiger partial charge in [-0.3, -0.25) is 4.79 Å². The predicted octanol–water partition coefficient (Wildman–Crippen LogP) is 2.38. The number of ether oxygens (including phenoxy) is 1. The van der Waals surface area contributed by atoms with Gasteiger partial charge in [0.15, 0.2) is 5.13 Å². The van der Waals surface area contributed by atoms with Gasteiger partial charge in [-0.05, 0) is 26.7 Å². The number of hydrogen-bond acceptors (Lipinski definition) is 4. The van der Waals surface area contributed by atoms with E-state index in [0.717, 1.165) is 18.5 Å². The molecule has 17 heavy (non-hydrogen) atoms. The van der Waals surface area contributed by atoms with Crippen LogP contribution in [0.5, 0.6) is 0 Å². The van der Waals surface area contributed by atoms with E-state index in [1.165, 1.54) is 4.88 Å². The zero-order chi connectivity index (χ0) is 12.4. The molecule has 1 heterocycles. The molecule has 4 nitrogen and oxygen atoms in total. The summed E-state index contributed by atoms with van der Waals surface area (Å²) < 4.78 is 5.40. The van der Waals surface area contributed by atoms with Crippen molar-refractivity contribution in [1.82, 2.24) is 4.98 Å². The molecule has 94 valence electrons. The highest BCUT2D eigenvalue weighted by atomic mass is 32.1. The van der Waals surface area contributed by atoms with Gasteiger partial charge in [0, 0.05) is 11.5 Å². The van der Waals surface area contributed by atoms with Gasteiger partial charge in [-0.25, -0.2) is 4.98 Å². The summed E-state index contributed by atoms with van der Waals surface area (Å²) in [5.74, 6) is 0.0593. The molecule has 2 atom stereocenters. The van der Waals surface area contributed by atoms with Crippen LogP contribution in [0.3, 0.4) is 0 Å². The van der Waals surface area contributed by atoms with Crippen molar-refractivity contribution in [2.24, 2.45) is 5.92 Å². The molecule has 1 aromatic heterocycles. The Morgan fingerprint density at radius 1 is 1.59 bits per heavy atom. The summed E-state index contributed by atoms with van der Waals surface area (Å²) in [5, 5.41) is 3.59. The van der Waals surface area contributed by atoms with E-state index >= 15 is 0 Å². The summed E-state index contributed by atoms with van der Waals surface area (Å²) in [6.07, 6.45) is 1.86. The second kappa shape index (κ2) is 5.14. The van der Waals surface area contributed by atoms with Crippen molar-refractivity contribution in [3.63, 3.8) is 0 Å². The molecule has 1 aromatic rings. The van der Waals surface area contributed by atoms with Gasteiger partial charge in [0.2, 0.25) is 5.91 Å². The van der Waals surface area contributed by atoms with E-state index in [2.05, 4.69) is 17.2 Å². The van der Waals surface area contributed by atoms with Crippen LogP contribution in [0, 0.1) is 12.8 Å². The zero-order valence-electron chi connectivity index (χ0n) is 10.4. The van der Waals surface area contributed by atoms with Crippen LogP contribution >= 0.6 is 11.3 Å². The lowest BCUT2D eigenvalue weighted by molar-refractivity contribution is -0.118. The SMILES string of the molecule is CCO[C@@H]1C[C@@H]1C(=O)Nc1nc(CC)c(C)s1. The maximum atomic E-state index is 11.8. The van der Waals surface area contributed by atoms with E-state index in [4.69, 9.17) is 4.74 Å². The fourth-order valence-electron chi connectivity index (χ4n) is 1.85. The third-order valence-electron chi connectivity index (χ3n) is 2.91. The Labute approximate surface area is 105 Å². The van der Waals surface area contributed by atoms with Gasteiger partial charge in [0.25, 0.3) is 0 Å². The number of nitrogens with zero attached hydrogens (tertiary/aromatic N) is 1. The smallest absolute Gasteiger partial charge is 0.231 e. The Balaban J connectivity index is 1.90. The van der Waals surface area contributed by atoms with Crippen LogP contribution in [-0.4, -0.2) is 23.6 Å². The number of carbonyl (C=O) groups excluding carboxylic acids is 1. The van der Waals surface area contributed by atoms with Gasteiger partial charge in [0.05, 0.1) is 17.7 Å². The van der Waals surface area contributed by atoms with Crippen molar-refractivity contribution in [3.8, 4) is 0 Å². The molecule has 5 heteroatoms. The molecule has 1 fully saturated rings. The maximum absolute atomic E-state index is 11.8. The van der Waals surface area contributed by atoms with E-state index in [0.29, 0.717) is 11.7 Å². The summed E-state index contributed by atoms with van der Waals surface area (Å²) in [6, 6.07) is 0. The summed E-state index contributed by atoms with van der Waals surface area (Å²) in [7, 11) is 0. The number of thiazole rings is 1. The molecule has 0 spiro atoms. The van der Waals surface area contributed by atoms with Crippen LogP contribution < -0.4 is 5.32 Å². The number of aromatic nitrogens is 1. The molecule has 1 aliphatic rings. The monoisotopic (exact) mass is 254 g/mol.